The van der Waals surface area contributed by atoms with Gasteiger partial charge < -0.3 is 19.3 Å². The number of aliphatic hydroxyl groups excluding tert-OH is 1. The molecule has 0 bridgehead atoms. The van der Waals surface area contributed by atoms with Crippen LogP contribution in [0.3, 0.4) is 0 Å². The highest BCUT2D eigenvalue weighted by atomic mass is 32.2. The van der Waals surface area contributed by atoms with Crippen LogP contribution < -0.4 is 4.72 Å². The van der Waals surface area contributed by atoms with E-state index < -0.39 is 17.3 Å². The molecule has 2 heterocycles. The Morgan fingerprint density at radius 2 is 2.13 bits per heavy atom. The number of likely N-dealkylation sites (tertiary alicyclic amines) is 1. The topological polar surface area (TPSA) is 66.7 Å². The summed E-state index contributed by atoms with van der Waals surface area (Å²) in [5.41, 5.74) is -0.513. The first kappa shape index (κ1) is 18.3. The number of nitrogens with zero attached hydrogens (tertiary/aromatic N) is 2. The molecule has 0 saturated carbocycles. The van der Waals surface area contributed by atoms with Gasteiger partial charge in [-0.3, -0.25) is 4.72 Å². The van der Waals surface area contributed by atoms with Crippen molar-refractivity contribution in [1.29, 1.82) is 0 Å². The standard InChI is InChI=1S/C15H24FN3O3S/c1-4-22-14(21)13-12(16)11(9-19(13)3)23-17-15(10-20)5-7-18(2)8-6-15/h9,17,20H,4-8,10H2,1-3H3. The third-order valence-corrected chi connectivity index (χ3v) is 5.22. The summed E-state index contributed by atoms with van der Waals surface area (Å²) in [6.45, 7) is 3.62. The molecule has 2 rings (SSSR count). The lowest BCUT2D eigenvalue weighted by Crippen LogP contribution is -2.52. The van der Waals surface area contributed by atoms with Crippen molar-refractivity contribution >= 4 is 17.9 Å². The van der Waals surface area contributed by atoms with Crippen molar-refractivity contribution < 1.29 is 19.0 Å². The number of aromatic nitrogens is 1. The number of nitrogens with one attached hydrogen (secondary N) is 1. The van der Waals surface area contributed by atoms with Crippen molar-refractivity contribution in [1.82, 2.24) is 14.2 Å². The van der Waals surface area contributed by atoms with Crippen molar-refractivity contribution in [3.8, 4) is 0 Å². The fourth-order valence-corrected chi connectivity index (χ4v) is 3.57. The molecular weight excluding hydrogens is 321 g/mol. The smallest absolute Gasteiger partial charge is 0.358 e. The van der Waals surface area contributed by atoms with Crippen LogP contribution >= 0.6 is 11.9 Å². The maximum atomic E-state index is 14.5. The molecule has 0 aliphatic carbocycles. The van der Waals surface area contributed by atoms with Crippen molar-refractivity contribution in [2.75, 3.05) is 33.4 Å². The van der Waals surface area contributed by atoms with Crippen LogP contribution in [0.5, 0.6) is 0 Å². The number of piperidine rings is 1. The molecule has 8 heteroatoms. The first-order chi connectivity index (χ1) is 10.9. The quantitative estimate of drug-likeness (QED) is 0.600. The van der Waals surface area contributed by atoms with Crippen LogP contribution in [0, 0.1) is 5.82 Å². The molecule has 0 atom stereocenters. The summed E-state index contributed by atoms with van der Waals surface area (Å²) in [6.07, 6.45) is 3.12. The highest BCUT2D eigenvalue weighted by Crippen LogP contribution is 2.29. The molecule has 0 amide bonds. The molecule has 130 valence electrons. The lowest BCUT2D eigenvalue weighted by molar-refractivity contribution is 0.0509. The molecule has 23 heavy (non-hydrogen) atoms. The highest BCUT2D eigenvalue weighted by Gasteiger charge is 2.34. The van der Waals surface area contributed by atoms with Gasteiger partial charge in [-0.05, 0) is 51.9 Å². The normalized spacial score (nSPS) is 18.1. The van der Waals surface area contributed by atoms with Gasteiger partial charge in [-0.15, -0.1) is 0 Å². The summed E-state index contributed by atoms with van der Waals surface area (Å²) in [7, 11) is 3.65. The van der Waals surface area contributed by atoms with Crippen LogP contribution in [-0.2, 0) is 11.8 Å². The first-order valence-electron chi connectivity index (χ1n) is 7.68. The summed E-state index contributed by atoms with van der Waals surface area (Å²) in [5, 5.41) is 9.73. The van der Waals surface area contributed by atoms with E-state index in [1.165, 1.54) is 4.57 Å². The van der Waals surface area contributed by atoms with Gasteiger partial charge in [-0.25, -0.2) is 9.18 Å². The van der Waals surface area contributed by atoms with Crippen LogP contribution in [0.25, 0.3) is 0 Å². The van der Waals surface area contributed by atoms with E-state index in [0.29, 0.717) is 4.90 Å². The lowest BCUT2D eigenvalue weighted by Gasteiger charge is -2.39. The number of aliphatic hydroxyl groups is 1. The number of halogens is 1. The SMILES string of the molecule is CCOC(=O)c1c(F)c(SNC2(CO)CCN(C)CC2)cn1C. The van der Waals surface area contributed by atoms with Gasteiger partial charge in [-0.1, -0.05) is 0 Å². The molecule has 6 nitrogen and oxygen atoms in total. The lowest BCUT2D eigenvalue weighted by atomic mass is 9.90. The number of carbonyl (C=O) groups excluding carboxylic acids is 1. The summed E-state index contributed by atoms with van der Waals surface area (Å²) in [6, 6.07) is 0. The summed E-state index contributed by atoms with van der Waals surface area (Å²) < 4.78 is 24.0. The van der Waals surface area contributed by atoms with E-state index in [4.69, 9.17) is 4.74 Å². The Labute approximate surface area is 140 Å². The molecule has 0 aromatic carbocycles. The van der Waals surface area contributed by atoms with E-state index in [0.717, 1.165) is 37.9 Å². The fraction of sp³-hybridized carbons (Fsp3) is 0.667. The van der Waals surface area contributed by atoms with Gasteiger partial charge in [-0.2, -0.15) is 0 Å². The largest absolute Gasteiger partial charge is 0.461 e. The Hall–Kier alpha value is -1.09. The van der Waals surface area contributed by atoms with Crippen molar-refractivity contribution in [3.63, 3.8) is 0 Å². The molecule has 0 radical (unpaired) electrons. The number of hydrogen-bond acceptors (Lipinski definition) is 6. The van der Waals surface area contributed by atoms with Gasteiger partial charge in [0.15, 0.2) is 11.5 Å². The second-order valence-electron chi connectivity index (χ2n) is 5.93. The second kappa shape index (κ2) is 7.65. The van der Waals surface area contributed by atoms with Crippen LogP contribution in [0.1, 0.15) is 30.3 Å². The van der Waals surface area contributed by atoms with Crippen LogP contribution in [-0.4, -0.2) is 59.4 Å². The predicted octanol–water partition coefficient (Wildman–Crippen LogP) is 1.39. The minimum atomic E-state index is -0.671. The van der Waals surface area contributed by atoms with Gasteiger partial charge in [0.25, 0.3) is 0 Å². The maximum absolute atomic E-state index is 14.5. The van der Waals surface area contributed by atoms with Gasteiger partial charge in [0.1, 0.15) is 0 Å². The average molecular weight is 345 g/mol. The van der Waals surface area contributed by atoms with Crippen molar-refractivity contribution in [3.05, 3.63) is 17.7 Å². The molecule has 1 aromatic heterocycles. The fourth-order valence-electron chi connectivity index (χ4n) is 2.58. The van der Waals surface area contributed by atoms with Gasteiger partial charge in [0.2, 0.25) is 0 Å². The van der Waals surface area contributed by atoms with Crippen LogP contribution in [0.15, 0.2) is 11.1 Å². The molecule has 1 saturated heterocycles. The van der Waals surface area contributed by atoms with Gasteiger partial charge in [0, 0.05) is 13.2 Å². The summed E-state index contributed by atoms with van der Waals surface area (Å²) >= 11 is 1.12. The molecular formula is C15H24FN3O3S. The third kappa shape index (κ3) is 4.06. The van der Waals surface area contributed by atoms with Crippen molar-refractivity contribution in [2.45, 2.75) is 30.2 Å². The molecule has 1 aliphatic heterocycles. The first-order valence-corrected chi connectivity index (χ1v) is 8.49. The van der Waals surface area contributed by atoms with E-state index >= 15 is 0 Å². The molecule has 1 aromatic rings. The predicted molar refractivity (Wildman–Crippen MR) is 86.9 cm³/mol. The zero-order valence-electron chi connectivity index (χ0n) is 13.8. The maximum Gasteiger partial charge on any atom is 0.358 e. The second-order valence-corrected chi connectivity index (χ2v) is 6.78. The zero-order chi connectivity index (χ0) is 17.0. The molecule has 2 N–H and O–H groups in total. The summed E-state index contributed by atoms with van der Waals surface area (Å²) in [5.74, 6) is -1.26. The molecule has 0 unspecified atom stereocenters. The van der Waals surface area contributed by atoms with E-state index in [1.54, 1.807) is 20.2 Å². The summed E-state index contributed by atoms with van der Waals surface area (Å²) in [4.78, 5) is 14.3. The van der Waals surface area contributed by atoms with E-state index in [2.05, 4.69) is 9.62 Å². The van der Waals surface area contributed by atoms with Gasteiger partial charge >= 0.3 is 5.97 Å². The molecule has 1 fully saturated rings. The number of carbonyl (C=O) groups is 1. The number of esters is 1. The molecule has 1 aliphatic rings. The van der Waals surface area contributed by atoms with E-state index in [1.807, 2.05) is 7.05 Å². The Morgan fingerprint density at radius 1 is 1.48 bits per heavy atom. The van der Waals surface area contributed by atoms with E-state index in [9.17, 15) is 14.3 Å². The zero-order valence-corrected chi connectivity index (χ0v) is 14.6. The monoisotopic (exact) mass is 345 g/mol. The van der Waals surface area contributed by atoms with Gasteiger partial charge in [0.05, 0.1) is 23.6 Å². The molecule has 0 spiro atoms. The highest BCUT2D eigenvalue weighted by molar-refractivity contribution is 7.97. The Bertz CT molecular complexity index is 556. The number of hydrogen-bond donors (Lipinski definition) is 2. The Kier molecular flexibility index (Phi) is 6.07. The van der Waals surface area contributed by atoms with Crippen LogP contribution in [0.4, 0.5) is 4.39 Å². The minimum Gasteiger partial charge on any atom is -0.461 e. The Balaban J connectivity index is 2.08. The average Bonchev–Trinajstić information content (AvgIpc) is 2.82. The number of ether oxygens (including phenoxy) is 1. The number of rotatable bonds is 6. The minimum absolute atomic E-state index is 0.00692. The van der Waals surface area contributed by atoms with E-state index in [-0.39, 0.29) is 18.9 Å². The number of aryl methyl sites for hydroxylation is 1. The van der Waals surface area contributed by atoms with Crippen molar-refractivity contribution in [2.24, 2.45) is 7.05 Å². The third-order valence-electron chi connectivity index (χ3n) is 4.18. The Morgan fingerprint density at radius 3 is 2.70 bits per heavy atom. The van der Waals surface area contributed by atoms with Crippen LogP contribution in [0.2, 0.25) is 0 Å².